The first-order chi connectivity index (χ1) is 9.61. The Morgan fingerprint density at radius 1 is 1.45 bits per heavy atom. The van der Waals surface area contributed by atoms with Crippen molar-refractivity contribution in [3.63, 3.8) is 0 Å². The van der Waals surface area contributed by atoms with Crippen LogP contribution in [0.4, 0.5) is 0 Å². The summed E-state index contributed by atoms with van der Waals surface area (Å²) >= 11 is 0. The van der Waals surface area contributed by atoms with Crippen molar-refractivity contribution in [2.45, 2.75) is 26.4 Å². The second-order valence-corrected chi connectivity index (χ2v) is 4.84. The van der Waals surface area contributed by atoms with E-state index in [2.05, 4.69) is 10.3 Å². The van der Waals surface area contributed by atoms with Gasteiger partial charge in [0.1, 0.15) is 5.69 Å². The first kappa shape index (κ1) is 14.3. The third-order valence-electron chi connectivity index (χ3n) is 3.26. The van der Waals surface area contributed by atoms with E-state index in [4.69, 9.17) is 5.73 Å². The van der Waals surface area contributed by atoms with Crippen LogP contribution in [-0.4, -0.2) is 22.0 Å². The number of imidazole rings is 1. The van der Waals surface area contributed by atoms with Gasteiger partial charge in [0, 0.05) is 19.3 Å². The lowest BCUT2D eigenvalue weighted by Crippen LogP contribution is -2.27. The number of carbonyl (C=O) groups is 1. The van der Waals surface area contributed by atoms with Crippen molar-refractivity contribution in [2.75, 3.05) is 6.54 Å². The molecule has 2 rings (SSSR count). The number of hydrogen-bond acceptors (Lipinski definition) is 3. The molecule has 0 aliphatic heterocycles. The van der Waals surface area contributed by atoms with Gasteiger partial charge in [-0.2, -0.15) is 0 Å². The van der Waals surface area contributed by atoms with E-state index in [0.29, 0.717) is 18.8 Å². The smallest absolute Gasteiger partial charge is 0.271 e. The molecule has 1 aromatic heterocycles. The van der Waals surface area contributed by atoms with Crippen LogP contribution in [0.2, 0.25) is 0 Å². The van der Waals surface area contributed by atoms with Crippen LogP contribution in [0.1, 0.15) is 34.6 Å². The zero-order valence-corrected chi connectivity index (χ0v) is 11.8. The average Bonchev–Trinajstić information content (AvgIpc) is 2.88. The number of aryl methyl sites for hydroxylation is 1. The summed E-state index contributed by atoms with van der Waals surface area (Å²) in [5, 5.41) is 2.96. The standard InChI is InChI=1S/C15H20N4O/c1-11-5-3-4-6-13(11)12(2)18-15(20)14-9-19(8-7-16)10-17-14/h3-6,9-10,12H,7-8,16H2,1-2H3,(H,18,20)/t12-/m0/s1. The lowest BCUT2D eigenvalue weighted by atomic mass is 10.0. The molecule has 0 saturated heterocycles. The van der Waals surface area contributed by atoms with Crippen LogP contribution in [0.5, 0.6) is 0 Å². The number of nitrogens with zero attached hydrogens (tertiary/aromatic N) is 2. The van der Waals surface area contributed by atoms with Gasteiger partial charge in [0.05, 0.1) is 12.4 Å². The van der Waals surface area contributed by atoms with Crippen LogP contribution in [0.25, 0.3) is 0 Å². The normalized spacial score (nSPS) is 12.2. The van der Waals surface area contributed by atoms with Gasteiger partial charge >= 0.3 is 0 Å². The Hall–Kier alpha value is -2.14. The molecule has 0 spiro atoms. The summed E-state index contributed by atoms with van der Waals surface area (Å²) in [6.45, 7) is 5.19. The Morgan fingerprint density at radius 3 is 2.90 bits per heavy atom. The molecular formula is C15H20N4O. The summed E-state index contributed by atoms with van der Waals surface area (Å²) in [7, 11) is 0. The summed E-state index contributed by atoms with van der Waals surface area (Å²) in [5.74, 6) is -0.170. The predicted octanol–water partition coefficient (Wildman–Crippen LogP) is 1.64. The Balaban J connectivity index is 2.05. The average molecular weight is 272 g/mol. The number of benzene rings is 1. The molecule has 2 aromatic rings. The SMILES string of the molecule is Cc1ccccc1[C@H](C)NC(=O)c1cn(CCN)cn1. The molecule has 0 fully saturated rings. The molecular weight excluding hydrogens is 252 g/mol. The van der Waals surface area contributed by atoms with Crippen molar-refractivity contribution >= 4 is 5.91 Å². The maximum Gasteiger partial charge on any atom is 0.271 e. The van der Waals surface area contributed by atoms with Crippen molar-refractivity contribution in [1.82, 2.24) is 14.9 Å². The summed E-state index contributed by atoms with van der Waals surface area (Å²) in [5.41, 5.74) is 8.16. The number of hydrogen-bond donors (Lipinski definition) is 2. The van der Waals surface area contributed by atoms with Crippen LogP contribution >= 0.6 is 0 Å². The van der Waals surface area contributed by atoms with Gasteiger partial charge in [0.2, 0.25) is 0 Å². The van der Waals surface area contributed by atoms with Gasteiger partial charge < -0.3 is 15.6 Å². The van der Waals surface area contributed by atoms with Crippen molar-refractivity contribution in [2.24, 2.45) is 5.73 Å². The molecule has 1 aromatic carbocycles. The molecule has 5 nitrogen and oxygen atoms in total. The largest absolute Gasteiger partial charge is 0.344 e. The fraction of sp³-hybridized carbons (Fsp3) is 0.333. The maximum atomic E-state index is 12.1. The zero-order valence-electron chi connectivity index (χ0n) is 11.8. The molecule has 3 N–H and O–H groups in total. The maximum absolute atomic E-state index is 12.1. The van der Waals surface area contributed by atoms with Crippen molar-refractivity contribution in [3.05, 3.63) is 53.6 Å². The van der Waals surface area contributed by atoms with Crippen LogP contribution < -0.4 is 11.1 Å². The molecule has 0 saturated carbocycles. The third-order valence-corrected chi connectivity index (χ3v) is 3.26. The Kier molecular flexibility index (Phi) is 4.53. The number of amides is 1. The number of nitrogens with two attached hydrogens (primary N) is 1. The molecule has 5 heteroatoms. The quantitative estimate of drug-likeness (QED) is 0.869. The molecule has 0 bridgehead atoms. The Bertz CT molecular complexity index is 591. The first-order valence-electron chi connectivity index (χ1n) is 6.70. The summed E-state index contributed by atoms with van der Waals surface area (Å²) in [4.78, 5) is 16.2. The molecule has 0 aliphatic carbocycles. The molecule has 20 heavy (non-hydrogen) atoms. The highest BCUT2D eigenvalue weighted by Gasteiger charge is 2.14. The van der Waals surface area contributed by atoms with Gasteiger partial charge in [-0.15, -0.1) is 0 Å². The predicted molar refractivity (Wildman–Crippen MR) is 78.3 cm³/mol. The monoisotopic (exact) mass is 272 g/mol. The molecule has 106 valence electrons. The van der Waals surface area contributed by atoms with E-state index >= 15 is 0 Å². The zero-order chi connectivity index (χ0) is 14.5. The highest BCUT2D eigenvalue weighted by molar-refractivity contribution is 5.92. The minimum atomic E-state index is -0.170. The minimum absolute atomic E-state index is 0.0524. The molecule has 1 atom stereocenters. The van der Waals surface area contributed by atoms with Gasteiger partial charge in [-0.1, -0.05) is 24.3 Å². The lowest BCUT2D eigenvalue weighted by molar-refractivity contribution is 0.0935. The lowest BCUT2D eigenvalue weighted by Gasteiger charge is -2.15. The summed E-state index contributed by atoms with van der Waals surface area (Å²) in [6.07, 6.45) is 3.34. The first-order valence-corrected chi connectivity index (χ1v) is 6.70. The van der Waals surface area contributed by atoms with Crippen LogP contribution in [0.15, 0.2) is 36.8 Å². The van der Waals surface area contributed by atoms with Gasteiger partial charge in [-0.25, -0.2) is 4.98 Å². The number of carbonyl (C=O) groups excluding carboxylic acids is 1. The highest BCUT2D eigenvalue weighted by Crippen LogP contribution is 2.16. The Morgan fingerprint density at radius 2 is 2.20 bits per heavy atom. The molecule has 0 unspecified atom stereocenters. The topological polar surface area (TPSA) is 72.9 Å². The second-order valence-electron chi connectivity index (χ2n) is 4.84. The second kappa shape index (κ2) is 6.34. The summed E-state index contributed by atoms with van der Waals surface area (Å²) < 4.78 is 1.81. The van der Waals surface area contributed by atoms with Crippen LogP contribution in [0.3, 0.4) is 0 Å². The van der Waals surface area contributed by atoms with E-state index in [1.807, 2.05) is 42.7 Å². The van der Waals surface area contributed by atoms with E-state index in [1.165, 1.54) is 0 Å². The van der Waals surface area contributed by atoms with E-state index in [0.717, 1.165) is 11.1 Å². The summed E-state index contributed by atoms with van der Waals surface area (Å²) in [6, 6.07) is 7.97. The molecule has 1 amide bonds. The fourth-order valence-electron chi connectivity index (χ4n) is 2.17. The van der Waals surface area contributed by atoms with Gasteiger partial charge in [-0.05, 0) is 25.0 Å². The van der Waals surface area contributed by atoms with Crippen LogP contribution in [-0.2, 0) is 6.54 Å². The Labute approximate surface area is 118 Å². The van der Waals surface area contributed by atoms with Gasteiger partial charge in [-0.3, -0.25) is 4.79 Å². The molecule has 1 heterocycles. The van der Waals surface area contributed by atoms with Gasteiger partial charge in [0.15, 0.2) is 0 Å². The van der Waals surface area contributed by atoms with Crippen molar-refractivity contribution < 1.29 is 4.79 Å². The third kappa shape index (κ3) is 3.24. The van der Waals surface area contributed by atoms with Gasteiger partial charge in [0.25, 0.3) is 5.91 Å². The molecule has 0 aliphatic rings. The number of rotatable bonds is 5. The van der Waals surface area contributed by atoms with E-state index in [-0.39, 0.29) is 11.9 Å². The van der Waals surface area contributed by atoms with Crippen molar-refractivity contribution in [3.8, 4) is 0 Å². The van der Waals surface area contributed by atoms with Crippen molar-refractivity contribution in [1.29, 1.82) is 0 Å². The fourth-order valence-corrected chi connectivity index (χ4v) is 2.17. The van der Waals surface area contributed by atoms with E-state index < -0.39 is 0 Å². The molecule has 0 radical (unpaired) electrons. The highest BCUT2D eigenvalue weighted by atomic mass is 16.1. The number of aromatic nitrogens is 2. The van der Waals surface area contributed by atoms with Crippen LogP contribution in [0, 0.1) is 6.92 Å². The number of nitrogens with one attached hydrogen (secondary N) is 1. The van der Waals surface area contributed by atoms with E-state index in [9.17, 15) is 4.79 Å². The minimum Gasteiger partial charge on any atom is -0.344 e. The van der Waals surface area contributed by atoms with E-state index in [1.54, 1.807) is 12.5 Å².